The molecule has 38 heavy (non-hydrogen) atoms. The van der Waals surface area contributed by atoms with E-state index in [-0.39, 0.29) is 33.3 Å². The Hall–Kier alpha value is -1.91. The van der Waals surface area contributed by atoms with Gasteiger partial charge in [0.2, 0.25) is 0 Å². The second-order valence-electron chi connectivity index (χ2n) is 9.28. The summed E-state index contributed by atoms with van der Waals surface area (Å²) in [5.74, 6) is -0.585. The van der Waals surface area contributed by atoms with Crippen LogP contribution in [0.4, 0.5) is 0 Å². The van der Waals surface area contributed by atoms with Crippen molar-refractivity contribution in [3.63, 3.8) is 0 Å². The van der Waals surface area contributed by atoms with Crippen LogP contribution in [0.3, 0.4) is 0 Å². The molecule has 0 saturated carbocycles. The average Bonchev–Trinajstić information content (AvgIpc) is 3.26. The van der Waals surface area contributed by atoms with E-state index in [9.17, 15) is 0 Å². The van der Waals surface area contributed by atoms with Crippen LogP contribution in [-0.4, -0.2) is 30.3 Å². The molecule has 1 fully saturated rings. The molecule has 0 aliphatic carbocycles. The molecule has 0 spiro atoms. The largest absolute Gasteiger partial charge is 0.344 e. The second kappa shape index (κ2) is 15.0. The van der Waals surface area contributed by atoms with Crippen LogP contribution in [0.2, 0.25) is 0 Å². The summed E-state index contributed by atoms with van der Waals surface area (Å²) >= 11 is 0. The zero-order valence-corrected chi connectivity index (χ0v) is 26.1. The van der Waals surface area contributed by atoms with Gasteiger partial charge in [-0.1, -0.05) is 121 Å². The molecular formula is C33H36O2P2Pt. The van der Waals surface area contributed by atoms with Gasteiger partial charge in [0.1, 0.15) is 0 Å². The van der Waals surface area contributed by atoms with E-state index in [0.717, 1.165) is 12.3 Å². The third-order valence-corrected chi connectivity index (χ3v) is 11.4. The Bertz CT molecular complexity index is 1030. The van der Waals surface area contributed by atoms with Crippen LogP contribution < -0.4 is 21.2 Å². The minimum Gasteiger partial charge on any atom is -0.344 e. The van der Waals surface area contributed by atoms with Crippen molar-refractivity contribution in [3.8, 4) is 0 Å². The Morgan fingerprint density at radius 3 is 1.00 bits per heavy atom. The Labute approximate surface area is 245 Å². The first-order valence-electron chi connectivity index (χ1n) is 12.7. The van der Waals surface area contributed by atoms with Gasteiger partial charge in [0.15, 0.2) is 5.79 Å². The van der Waals surface area contributed by atoms with Crippen LogP contribution in [0.25, 0.3) is 0 Å². The Morgan fingerprint density at radius 2 is 0.763 bits per heavy atom. The van der Waals surface area contributed by atoms with E-state index < -0.39 is 21.6 Å². The molecule has 0 aromatic heterocycles. The van der Waals surface area contributed by atoms with E-state index in [1.54, 1.807) is 0 Å². The predicted octanol–water partition coefficient (Wildman–Crippen LogP) is 6.57. The molecular weight excluding hydrogens is 685 g/mol. The summed E-state index contributed by atoms with van der Waals surface area (Å²) in [6.07, 6.45) is 1.97. The summed E-state index contributed by atoms with van der Waals surface area (Å²) in [7, 11) is -1.12. The Balaban J connectivity index is 0.00000130. The van der Waals surface area contributed by atoms with E-state index in [4.69, 9.17) is 9.47 Å². The van der Waals surface area contributed by atoms with Gasteiger partial charge in [-0.25, -0.2) is 0 Å². The molecule has 1 heterocycles. The van der Waals surface area contributed by atoms with Crippen molar-refractivity contribution in [2.24, 2.45) is 0 Å². The molecule has 1 saturated heterocycles. The van der Waals surface area contributed by atoms with Gasteiger partial charge in [-0.15, -0.1) is 13.2 Å². The van der Waals surface area contributed by atoms with Gasteiger partial charge in [-0.3, -0.25) is 0 Å². The standard InChI is InChI=1S/C31H32O2P2.C2H4.Pt/c1-31(2)32-29(23-34(25-15-7-3-8-16-25)26-17-9-4-10-18-26)30(33-31)24-35(27-19-11-5-12-20-27)28-21-13-6-14-22-28;1-2;/h3-22,29-30H,23-24H2,1-2H3;1-2H2;/t29-,30-;;/m0../s1. The topological polar surface area (TPSA) is 18.5 Å². The SMILES string of the molecule is C=C.CC1(C)O[C@@H](CP(c2ccccc2)c2ccccc2)[C@H](CP(c2ccccc2)c2ccccc2)O1.[Pt]. The minimum atomic E-state index is -0.585. The van der Waals surface area contributed by atoms with E-state index in [1.807, 2.05) is 0 Å². The maximum Gasteiger partial charge on any atom is 0.163 e. The average molecular weight is 722 g/mol. The third kappa shape index (κ3) is 8.05. The number of hydrogen-bond donors (Lipinski definition) is 0. The van der Waals surface area contributed by atoms with Crippen molar-refractivity contribution in [1.29, 1.82) is 0 Å². The maximum absolute atomic E-state index is 6.61. The van der Waals surface area contributed by atoms with E-state index in [2.05, 4.69) is 148 Å². The van der Waals surface area contributed by atoms with Crippen LogP contribution in [0.1, 0.15) is 13.8 Å². The van der Waals surface area contributed by atoms with Gasteiger partial charge in [0.05, 0.1) is 12.2 Å². The molecule has 4 aromatic carbocycles. The second-order valence-corrected chi connectivity index (χ2v) is 13.8. The molecule has 0 bridgehead atoms. The van der Waals surface area contributed by atoms with Crippen molar-refractivity contribution < 1.29 is 30.5 Å². The van der Waals surface area contributed by atoms with Crippen LogP contribution in [0, 0.1) is 0 Å². The molecule has 0 unspecified atom stereocenters. The summed E-state index contributed by atoms with van der Waals surface area (Å²) in [4.78, 5) is 0. The Kier molecular flexibility index (Phi) is 12.1. The first-order valence-corrected chi connectivity index (χ1v) is 15.8. The van der Waals surface area contributed by atoms with Gasteiger partial charge in [0.25, 0.3) is 0 Å². The number of benzene rings is 4. The van der Waals surface area contributed by atoms with Gasteiger partial charge in [-0.2, -0.15) is 0 Å². The monoisotopic (exact) mass is 721 g/mol. The molecule has 1 aliphatic heterocycles. The van der Waals surface area contributed by atoms with Crippen molar-refractivity contribution in [3.05, 3.63) is 134 Å². The molecule has 2 nitrogen and oxygen atoms in total. The molecule has 5 heteroatoms. The summed E-state index contributed by atoms with van der Waals surface area (Å²) in [6, 6.07) is 43.6. The fraction of sp³-hybridized carbons (Fsp3) is 0.212. The molecule has 2 atom stereocenters. The van der Waals surface area contributed by atoms with Gasteiger partial charge in [0, 0.05) is 33.4 Å². The molecule has 200 valence electrons. The van der Waals surface area contributed by atoms with Crippen LogP contribution in [0.5, 0.6) is 0 Å². The van der Waals surface area contributed by atoms with Crippen LogP contribution >= 0.6 is 15.8 Å². The number of hydrogen-bond acceptors (Lipinski definition) is 2. The van der Waals surface area contributed by atoms with E-state index >= 15 is 0 Å². The molecule has 0 radical (unpaired) electrons. The summed E-state index contributed by atoms with van der Waals surface area (Å²) < 4.78 is 13.2. The number of rotatable bonds is 8. The smallest absolute Gasteiger partial charge is 0.163 e. The normalized spacial score (nSPS) is 17.9. The summed E-state index contributed by atoms with van der Waals surface area (Å²) in [5, 5.41) is 5.53. The predicted molar refractivity (Wildman–Crippen MR) is 163 cm³/mol. The third-order valence-electron chi connectivity index (χ3n) is 6.28. The van der Waals surface area contributed by atoms with Gasteiger partial charge in [-0.05, 0) is 50.9 Å². The summed E-state index contributed by atoms with van der Waals surface area (Å²) in [5.41, 5.74) is 0. The fourth-order valence-corrected chi connectivity index (χ4v) is 9.64. The van der Waals surface area contributed by atoms with Gasteiger partial charge >= 0.3 is 0 Å². The van der Waals surface area contributed by atoms with E-state index in [1.165, 1.54) is 21.2 Å². The quantitative estimate of drug-likeness (QED) is 0.152. The molecule has 4 aromatic rings. The maximum atomic E-state index is 6.61. The summed E-state index contributed by atoms with van der Waals surface area (Å²) in [6.45, 7) is 10.1. The Morgan fingerprint density at radius 1 is 0.526 bits per heavy atom. The van der Waals surface area contributed by atoms with Crippen LogP contribution in [0.15, 0.2) is 134 Å². The fourth-order valence-electron chi connectivity index (χ4n) is 4.73. The minimum absolute atomic E-state index is 0. The number of ether oxygens (including phenoxy) is 2. The molecule has 0 N–H and O–H groups in total. The zero-order chi connectivity index (χ0) is 26.1. The van der Waals surface area contributed by atoms with Crippen molar-refractivity contribution in [2.45, 2.75) is 31.8 Å². The molecule has 1 aliphatic rings. The van der Waals surface area contributed by atoms with Crippen molar-refractivity contribution in [2.75, 3.05) is 12.3 Å². The van der Waals surface area contributed by atoms with Crippen molar-refractivity contribution >= 4 is 37.1 Å². The molecule has 5 rings (SSSR count). The first kappa shape index (κ1) is 30.6. The van der Waals surface area contributed by atoms with E-state index in [0.29, 0.717) is 0 Å². The van der Waals surface area contributed by atoms with Crippen LogP contribution in [-0.2, 0) is 30.5 Å². The first-order chi connectivity index (χ1) is 18.1. The van der Waals surface area contributed by atoms with Crippen molar-refractivity contribution in [1.82, 2.24) is 0 Å². The van der Waals surface area contributed by atoms with Gasteiger partial charge < -0.3 is 9.47 Å². The zero-order valence-electron chi connectivity index (χ0n) is 22.1. The molecule has 0 amide bonds.